The van der Waals surface area contributed by atoms with E-state index in [0.717, 1.165) is 12.0 Å². The van der Waals surface area contributed by atoms with E-state index in [1.54, 1.807) is 0 Å². The lowest BCUT2D eigenvalue weighted by molar-refractivity contribution is 0.0896. The van der Waals surface area contributed by atoms with Crippen LogP contribution in [0.2, 0.25) is 0 Å². The van der Waals surface area contributed by atoms with E-state index in [-0.39, 0.29) is 5.78 Å². The van der Waals surface area contributed by atoms with Gasteiger partial charge in [0, 0.05) is 18.6 Å². The van der Waals surface area contributed by atoms with Crippen molar-refractivity contribution in [3.8, 4) is 0 Å². The van der Waals surface area contributed by atoms with Crippen molar-refractivity contribution in [2.75, 3.05) is 13.2 Å². The predicted octanol–water partition coefficient (Wildman–Crippen LogP) is 2.86. The molecule has 0 bridgehead atoms. The molecule has 2 nitrogen and oxygen atoms in total. The minimum absolute atomic E-state index is 0.158. The molecule has 0 fully saturated rings. The first-order chi connectivity index (χ1) is 7.27. The second-order valence-electron chi connectivity index (χ2n) is 3.42. The molecule has 2 heteroatoms. The summed E-state index contributed by atoms with van der Waals surface area (Å²) in [6, 6.07) is 7.81. The van der Waals surface area contributed by atoms with Crippen LogP contribution in [-0.4, -0.2) is 19.0 Å². The fraction of sp³-hybridized carbons (Fsp3) is 0.462. The molecule has 0 spiro atoms. The molecular weight excluding hydrogens is 188 g/mol. The average Bonchev–Trinajstić information content (AvgIpc) is 2.29. The molecule has 0 radical (unpaired) electrons. The van der Waals surface area contributed by atoms with Crippen LogP contribution in [0.5, 0.6) is 0 Å². The van der Waals surface area contributed by atoms with Gasteiger partial charge in [-0.1, -0.05) is 31.2 Å². The van der Waals surface area contributed by atoms with E-state index < -0.39 is 0 Å². The summed E-state index contributed by atoms with van der Waals surface area (Å²) in [5.41, 5.74) is 2.04. The lowest BCUT2D eigenvalue weighted by Gasteiger charge is -2.02. The fourth-order valence-electron chi connectivity index (χ4n) is 1.38. The highest BCUT2D eigenvalue weighted by Gasteiger charge is 2.04. The Morgan fingerprint density at radius 3 is 2.40 bits per heavy atom. The smallest absolute Gasteiger partial charge is 0.165 e. The summed E-state index contributed by atoms with van der Waals surface area (Å²) in [5.74, 6) is 0.158. The second-order valence-corrected chi connectivity index (χ2v) is 3.42. The Hall–Kier alpha value is -1.15. The van der Waals surface area contributed by atoms with E-state index in [1.807, 2.05) is 31.2 Å². The third-order valence-corrected chi connectivity index (χ3v) is 2.36. The Balaban J connectivity index is 2.50. The number of carbonyl (C=O) groups excluding carboxylic acids is 1. The van der Waals surface area contributed by atoms with Gasteiger partial charge >= 0.3 is 0 Å². The van der Waals surface area contributed by atoms with Crippen molar-refractivity contribution in [1.29, 1.82) is 0 Å². The Labute approximate surface area is 91.3 Å². The number of benzene rings is 1. The van der Waals surface area contributed by atoms with Crippen molar-refractivity contribution in [2.45, 2.75) is 26.7 Å². The zero-order valence-electron chi connectivity index (χ0n) is 9.45. The molecule has 0 saturated heterocycles. The van der Waals surface area contributed by atoms with Gasteiger partial charge in [-0.15, -0.1) is 0 Å². The molecule has 0 heterocycles. The summed E-state index contributed by atoms with van der Waals surface area (Å²) >= 11 is 0. The SMILES string of the molecule is CCOCCC(=O)c1ccc(CC)cc1. The number of hydrogen-bond acceptors (Lipinski definition) is 2. The maximum atomic E-state index is 11.6. The van der Waals surface area contributed by atoms with Crippen molar-refractivity contribution in [2.24, 2.45) is 0 Å². The molecule has 1 rings (SSSR count). The maximum absolute atomic E-state index is 11.6. The molecule has 1 aromatic carbocycles. The number of ketones is 1. The monoisotopic (exact) mass is 206 g/mol. The number of carbonyl (C=O) groups is 1. The summed E-state index contributed by atoms with van der Waals surface area (Å²) in [7, 11) is 0. The van der Waals surface area contributed by atoms with E-state index in [0.29, 0.717) is 19.6 Å². The highest BCUT2D eigenvalue weighted by Crippen LogP contribution is 2.07. The maximum Gasteiger partial charge on any atom is 0.165 e. The first-order valence-corrected chi connectivity index (χ1v) is 5.47. The van der Waals surface area contributed by atoms with Gasteiger partial charge in [0.05, 0.1) is 6.61 Å². The minimum Gasteiger partial charge on any atom is -0.381 e. The largest absolute Gasteiger partial charge is 0.381 e. The van der Waals surface area contributed by atoms with E-state index in [1.165, 1.54) is 5.56 Å². The van der Waals surface area contributed by atoms with Gasteiger partial charge in [0.15, 0.2) is 5.78 Å². The first-order valence-electron chi connectivity index (χ1n) is 5.47. The van der Waals surface area contributed by atoms with Crippen molar-refractivity contribution in [3.05, 3.63) is 35.4 Å². The normalized spacial score (nSPS) is 10.3. The summed E-state index contributed by atoms with van der Waals surface area (Å²) in [6.07, 6.45) is 1.48. The molecule has 0 saturated carbocycles. The zero-order valence-corrected chi connectivity index (χ0v) is 9.45. The van der Waals surface area contributed by atoms with Crippen LogP contribution in [0.1, 0.15) is 36.2 Å². The van der Waals surface area contributed by atoms with Crippen LogP contribution in [0.15, 0.2) is 24.3 Å². The minimum atomic E-state index is 0.158. The molecule has 0 atom stereocenters. The quantitative estimate of drug-likeness (QED) is 0.528. The van der Waals surface area contributed by atoms with Crippen LogP contribution >= 0.6 is 0 Å². The Kier molecular flexibility index (Phi) is 5.05. The van der Waals surface area contributed by atoms with E-state index in [4.69, 9.17) is 4.74 Å². The first kappa shape index (κ1) is 11.9. The Morgan fingerprint density at radius 1 is 1.20 bits per heavy atom. The third kappa shape index (κ3) is 3.84. The molecule has 0 N–H and O–H groups in total. The van der Waals surface area contributed by atoms with Crippen molar-refractivity contribution >= 4 is 5.78 Å². The molecule has 0 aliphatic carbocycles. The van der Waals surface area contributed by atoms with Crippen LogP contribution in [0.25, 0.3) is 0 Å². The summed E-state index contributed by atoms with van der Waals surface area (Å²) in [6.45, 7) is 5.22. The Bertz CT molecular complexity index is 301. The van der Waals surface area contributed by atoms with Gasteiger partial charge in [0.25, 0.3) is 0 Å². The van der Waals surface area contributed by atoms with Crippen LogP contribution in [-0.2, 0) is 11.2 Å². The second kappa shape index (κ2) is 6.36. The molecule has 15 heavy (non-hydrogen) atoms. The fourth-order valence-corrected chi connectivity index (χ4v) is 1.38. The van der Waals surface area contributed by atoms with Crippen LogP contribution in [0, 0.1) is 0 Å². The van der Waals surface area contributed by atoms with Gasteiger partial charge in [-0.25, -0.2) is 0 Å². The molecule has 0 aromatic heterocycles. The summed E-state index contributed by atoms with van der Waals surface area (Å²) < 4.78 is 5.15. The molecule has 0 aliphatic rings. The van der Waals surface area contributed by atoms with E-state index in [2.05, 4.69) is 6.92 Å². The highest BCUT2D eigenvalue weighted by molar-refractivity contribution is 5.96. The number of Topliss-reactive ketones (excluding diaryl/α,β-unsaturated/α-hetero) is 1. The van der Waals surface area contributed by atoms with Gasteiger partial charge in [-0.05, 0) is 18.9 Å². The molecule has 0 amide bonds. The lowest BCUT2D eigenvalue weighted by Crippen LogP contribution is -2.04. The van der Waals surface area contributed by atoms with Gasteiger partial charge in [0.1, 0.15) is 0 Å². The lowest BCUT2D eigenvalue weighted by atomic mass is 10.1. The van der Waals surface area contributed by atoms with Gasteiger partial charge in [-0.2, -0.15) is 0 Å². The Morgan fingerprint density at radius 2 is 1.87 bits per heavy atom. The number of hydrogen-bond donors (Lipinski definition) is 0. The van der Waals surface area contributed by atoms with Crippen molar-refractivity contribution in [3.63, 3.8) is 0 Å². The molecule has 82 valence electrons. The standard InChI is InChI=1S/C13H18O2/c1-3-11-5-7-12(8-6-11)13(14)9-10-15-4-2/h5-8H,3-4,9-10H2,1-2H3. The third-order valence-electron chi connectivity index (χ3n) is 2.36. The van der Waals surface area contributed by atoms with Gasteiger partial charge in [0.2, 0.25) is 0 Å². The van der Waals surface area contributed by atoms with Crippen LogP contribution in [0.4, 0.5) is 0 Å². The average molecular weight is 206 g/mol. The molecule has 0 aliphatic heterocycles. The number of ether oxygens (including phenoxy) is 1. The van der Waals surface area contributed by atoms with E-state index in [9.17, 15) is 4.79 Å². The van der Waals surface area contributed by atoms with Crippen molar-refractivity contribution in [1.82, 2.24) is 0 Å². The number of rotatable bonds is 6. The number of aryl methyl sites for hydroxylation is 1. The summed E-state index contributed by atoms with van der Waals surface area (Å²) in [5, 5.41) is 0. The zero-order chi connectivity index (χ0) is 11.1. The summed E-state index contributed by atoms with van der Waals surface area (Å²) in [4.78, 5) is 11.6. The molecule has 1 aromatic rings. The van der Waals surface area contributed by atoms with Gasteiger partial charge < -0.3 is 4.74 Å². The van der Waals surface area contributed by atoms with Crippen LogP contribution in [0.3, 0.4) is 0 Å². The topological polar surface area (TPSA) is 26.3 Å². The van der Waals surface area contributed by atoms with Crippen molar-refractivity contribution < 1.29 is 9.53 Å². The highest BCUT2D eigenvalue weighted by atomic mass is 16.5. The van der Waals surface area contributed by atoms with E-state index >= 15 is 0 Å². The predicted molar refractivity (Wildman–Crippen MR) is 61.3 cm³/mol. The van der Waals surface area contributed by atoms with Crippen LogP contribution < -0.4 is 0 Å². The molecular formula is C13H18O2. The van der Waals surface area contributed by atoms with Gasteiger partial charge in [-0.3, -0.25) is 4.79 Å². The molecule has 0 unspecified atom stereocenters.